The number of thioether (sulfide) groups is 1. The van der Waals surface area contributed by atoms with Gasteiger partial charge in [-0.2, -0.15) is 0 Å². The van der Waals surface area contributed by atoms with Crippen LogP contribution in [0.2, 0.25) is 0 Å². The molecule has 1 N–H and O–H groups in total. The van der Waals surface area contributed by atoms with E-state index in [1.807, 2.05) is 23.1 Å². The summed E-state index contributed by atoms with van der Waals surface area (Å²) in [4.78, 5) is 27.3. The summed E-state index contributed by atoms with van der Waals surface area (Å²) in [6, 6.07) is 7.98. The van der Waals surface area contributed by atoms with Gasteiger partial charge in [-0.15, -0.1) is 11.8 Å². The molecule has 0 saturated carbocycles. The molecule has 0 saturated heterocycles. The molecule has 0 aliphatic carbocycles. The van der Waals surface area contributed by atoms with Crippen LogP contribution in [0.25, 0.3) is 0 Å². The van der Waals surface area contributed by atoms with Crippen LogP contribution < -0.4 is 10.2 Å². The Kier molecular flexibility index (Phi) is 6.51. The molecule has 0 bridgehead atoms. The first-order valence-corrected chi connectivity index (χ1v) is 9.18. The Bertz CT molecular complexity index is 560. The number of carbonyl (C=O) groups excluding carboxylic acids is 2. The average molecular weight is 334 g/mol. The van der Waals surface area contributed by atoms with Gasteiger partial charge in [0.05, 0.1) is 5.69 Å². The summed E-state index contributed by atoms with van der Waals surface area (Å²) in [6.45, 7) is 7.77. The second-order valence-corrected chi connectivity index (χ2v) is 7.91. The summed E-state index contributed by atoms with van der Waals surface area (Å²) in [7, 11) is 0. The Labute approximate surface area is 143 Å². The number of nitrogens with one attached hydrogen (secondary N) is 1. The number of benzene rings is 1. The number of anilines is 1. The van der Waals surface area contributed by atoms with E-state index in [4.69, 9.17) is 0 Å². The predicted octanol–water partition coefficient (Wildman–Crippen LogP) is 3.46. The molecule has 1 aromatic rings. The monoisotopic (exact) mass is 334 g/mol. The van der Waals surface area contributed by atoms with Gasteiger partial charge in [0.1, 0.15) is 0 Å². The number of nitrogens with zero attached hydrogens (tertiary/aromatic N) is 1. The molecule has 2 rings (SSSR count). The van der Waals surface area contributed by atoms with Crippen LogP contribution in [0.3, 0.4) is 0 Å². The summed E-state index contributed by atoms with van der Waals surface area (Å²) in [5.41, 5.74) is 0.973. The maximum absolute atomic E-state index is 12.5. The highest BCUT2D eigenvalue weighted by atomic mass is 32.2. The zero-order valence-electron chi connectivity index (χ0n) is 14.2. The smallest absolute Gasteiger partial charge is 0.227 e. The van der Waals surface area contributed by atoms with E-state index in [-0.39, 0.29) is 24.7 Å². The molecule has 1 atom stereocenters. The standard InChI is InChI=1S/C18H26N2O2S/c1-13(2)10-11-19-17(21)8-9-18(22)20-12-14(3)23-16-7-5-4-6-15(16)20/h4-7,13-14H,8-12H2,1-3H3,(H,19,21). The number of para-hydroxylation sites is 1. The van der Waals surface area contributed by atoms with Gasteiger partial charge in [0.25, 0.3) is 0 Å². The molecule has 0 spiro atoms. The van der Waals surface area contributed by atoms with Crippen molar-refractivity contribution in [1.29, 1.82) is 0 Å². The Morgan fingerprint density at radius 2 is 2.04 bits per heavy atom. The maximum Gasteiger partial charge on any atom is 0.227 e. The lowest BCUT2D eigenvalue weighted by Gasteiger charge is -2.32. The van der Waals surface area contributed by atoms with Gasteiger partial charge in [0.15, 0.2) is 0 Å². The number of amides is 2. The molecule has 5 heteroatoms. The quantitative estimate of drug-likeness (QED) is 0.867. The third-order valence-electron chi connectivity index (χ3n) is 3.83. The SMILES string of the molecule is CC(C)CCNC(=O)CCC(=O)N1CC(C)Sc2ccccc21. The Morgan fingerprint density at radius 3 is 2.78 bits per heavy atom. The van der Waals surface area contributed by atoms with Crippen LogP contribution in [-0.2, 0) is 9.59 Å². The van der Waals surface area contributed by atoms with Crippen molar-refractivity contribution in [3.8, 4) is 0 Å². The lowest BCUT2D eigenvalue weighted by Crippen LogP contribution is -2.39. The van der Waals surface area contributed by atoms with Crippen molar-refractivity contribution in [1.82, 2.24) is 5.32 Å². The number of rotatable bonds is 6. The zero-order chi connectivity index (χ0) is 16.8. The molecule has 4 nitrogen and oxygen atoms in total. The molecule has 2 amide bonds. The second-order valence-electron chi connectivity index (χ2n) is 6.43. The number of hydrogen-bond acceptors (Lipinski definition) is 3. The second kappa shape index (κ2) is 8.39. The topological polar surface area (TPSA) is 49.4 Å². The summed E-state index contributed by atoms with van der Waals surface area (Å²) >= 11 is 1.80. The number of hydrogen-bond donors (Lipinski definition) is 1. The van der Waals surface area contributed by atoms with Gasteiger partial charge in [-0.1, -0.05) is 32.9 Å². The van der Waals surface area contributed by atoms with Crippen LogP contribution in [-0.4, -0.2) is 30.2 Å². The highest BCUT2D eigenvalue weighted by Gasteiger charge is 2.26. The average Bonchev–Trinajstić information content (AvgIpc) is 2.51. The minimum atomic E-state index is -0.0354. The molecule has 0 aromatic heterocycles. The van der Waals surface area contributed by atoms with E-state index in [1.165, 1.54) is 0 Å². The van der Waals surface area contributed by atoms with Crippen LogP contribution in [0.15, 0.2) is 29.2 Å². The van der Waals surface area contributed by atoms with Gasteiger partial charge in [0, 0.05) is 36.1 Å². The fourth-order valence-corrected chi connectivity index (χ4v) is 3.68. The molecule has 0 fully saturated rings. The fraction of sp³-hybridized carbons (Fsp3) is 0.556. The van der Waals surface area contributed by atoms with Crippen molar-refractivity contribution in [3.05, 3.63) is 24.3 Å². The van der Waals surface area contributed by atoms with Crippen molar-refractivity contribution in [2.75, 3.05) is 18.0 Å². The summed E-state index contributed by atoms with van der Waals surface area (Å²) in [6.07, 6.45) is 1.49. The van der Waals surface area contributed by atoms with Crippen molar-refractivity contribution in [2.24, 2.45) is 5.92 Å². The molecule has 1 aliphatic rings. The minimum Gasteiger partial charge on any atom is -0.356 e. The molecule has 126 valence electrons. The first kappa shape index (κ1) is 17.9. The Balaban J connectivity index is 1.87. The molecule has 23 heavy (non-hydrogen) atoms. The highest BCUT2D eigenvalue weighted by molar-refractivity contribution is 8.00. The third-order valence-corrected chi connectivity index (χ3v) is 4.99. The van der Waals surface area contributed by atoms with Gasteiger partial charge in [-0.05, 0) is 24.5 Å². The van der Waals surface area contributed by atoms with Crippen LogP contribution in [0.4, 0.5) is 5.69 Å². The van der Waals surface area contributed by atoms with E-state index in [0.29, 0.717) is 24.3 Å². The third kappa shape index (κ3) is 5.27. The van der Waals surface area contributed by atoms with E-state index in [2.05, 4.69) is 32.2 Å². The Morgan fingerprint density at radius 1 is 1.30 bits per heavy atom. The Hall–Kier alpha value is -1.49. The molecule has 1 aliphatic heterocycles. The van der Waals surface area contributed by atoms with Crippen molar-refractivity contribution in [2.45, 2.75) is 50.2 Å². The van der Waals surface area contributed by atoms with Gasteiger partial charge < -0.3 is 10.2 Å². The van der Waals surface area contributed by atoms with Crippen molar-refractivity contribution >= 4 is 29.3 Å². The highest BCUT2D eigenvalue weighted by Crippen LogP contribution is 2.38. The van der Waals surface area contributed by atoms with Crippen LogP contribution in [0.5, 0.6) is 0 Å². The maximum atomic E-state index is 12.5. The molecular weight excluding hydrogens is 308 g/mol. The van der Waals surface area contributed by atoms with Crippen molar-refractivity contribution < 1.29 is 9.59 Å². The molecular formula is C18H26N2O2S. The van der Waals surface area contributed by atoms with E-state index in [1.54, 1.807) is 11.8 Å². The molecule has 1 unspecified atom stereocenters. The summed E-state index contributed by atoms with van der Waals surface area (Å²) in [5, 5.41) is 3.26. The molecule has 1 heterocycles. The number of carbonyl (C=O) groups is 2. The van der Waals surface area contributed by atoms with E-state index in [0.717, 1.165) is 17.0 Å². The molecule has 1 aromatic carbocycles. The van der Waals surface area contributed by atoms with Crippen LogP contribution in [0, 0.1) is 5.92 Å². The van der Waals surface area contributed by atoms with E-state index < -0.39 is 0 Å². The fourth-order valence-electron chi connectivity index (χ4n) is 2.57. The minimum absolute atomic E-state index is 0.0311. The van der Waals surface area contributed by atoms with Gasteiger partial charge in [-0.3, -0.25) is 9.59 Å². The molecule has 0 radical (unpaired) electrons. The van der Waals surface area contributed by atoms with Crippen LogP contribution >= 0.6 is 11.8 Å². The van der Waals surface area contributed by atoms with E-state index in [9.17, 15) is 9.59 Å². The van der Waals surface area contributed by atoms with Gasteiger partial charge in [0.2, 0.25) is 11.8 Å². The largest absolute Gasteiger partial charge is 0.356 e. The summed E-state index contributed by atoms with van der Waals surface area (Å²) < 4.78 is 0. The van der Waals surface area contributed by atoms with E-state index >= 15 is 0 Å². The lowest BCUT2D eigenvalue weighted by atomic mass is 10.1. The lowest BCUT2D eigenvalue weighted by molar-refractivity contribution is -0.125. The predicted molar refractivity (Wildman–Crippen MR) is 95.8 cm³/mol. The number of fused-ring (bicyclic) bond motifs is 1. The van der Waals surface area contributed by atoms with Crippen LogP contribution in [0.1, 0.15) is 40.0 Å². The normalized spacial score (nSPS) is 17.0. The van der Waals surface area contributed by atoms with Gasteiger partial charge >= 0.3 is 0 Å². The summed E-state index contributed by atoms with van der Waals surface area (Å²) in [5.74, 6) is 0.566. The van der Waals surface area contributed by atoms with Crippen molar-refractivity contribution in [3.63, 3.8) is 0 Å². The first-order chi connectivity index (χ1) is 11.0. The zero-order valence-corrected chi connectivity index (χ0v) is 15.0. The first-order valence-electron chi connectivity index (χ1n) is 8.30. The van der Waals surface area contributed by atoms with Gasteiger partial charge in [-0.25, -0.2) is 0 Å².